The topological polar surface area (TPSA) is 82.1 Å². The summed E-state index contributed by atoms with van der Waals surface area (Å²) < 4.78 is 15.1. The van der Waals surface area contributed by atoms with Gasteiger partial charge in [0.15, 0.2) is 12.1 Å². The van der Waals surface area contributed by atoms with Gasteiger partial charge in [0.25, 0.3) is 0 Å². The Labute approximate surface area is 130 Å². The van der Waals surface area contributed by atoms with Crippen molar-refractivity contribution in [3.63, 3.8) is 0 Å². The molecule has 1 aliphatic rings. The smallest absolute Gasteiger partial charge is 0.412 e. The summed E-state index contributed by atoms with van der Waals surface area (Å²) >= 11 is 0. The third kappa shape index (κ3) is 4.47. The lowest BCUT2D eigenvalue weighted by atomic mass is 10.2. The van der Waals surface area contributed by atoms with Crippen molar-refractivity contribution in [1.82, 2.24) is 4.90 Å². The molecule has 0 N–H and O–H groups in total. The Kier molecular flexibility index (Phi) is 5.96. The molecule has 0 bridgehead atoms. The number of rotatable bonds is 4. The van der Waals surface area contributed by atoms with Gasteiger partial charge in [-0.05, 0) is 34.6 Å². The van der Waals surface area contributed by atoms with Gasteiger partial charge in [0.1, 0.15) is 5.60 Å². The second-order valence-corrected chi connectivity index (χ2v) is 5.67. The molecule has 0 spiro atoms. The molecule has 0 saturated carbocycles. The van der Waals surface area contributed by atoms with Crippen molar-refractivity contribution in [2.24, 2.45) is 0 Å². The van der Waals surface area contributed by atoms with Crippen molar-refractivity contribution in [2.75, 3.05) is 13.2 Å². The van der Waals surface area contributed by atoms with Crippen molar-refractivity contribution in [2.45, 2.75) is 52.3 Å². The number of amides is 1. The first-order valence-electron chi connectivity index (χ1n) is 7.24. The number of hydrogen-bond acceptors (Lipinski definition) is 6. The minimum absolute atomic E-state index is 0.176. The third-order valence-corrected chi connectivity index (χ3v) is 2.74. The van der Waals surface area contributed by atoms with E-state index in [2.05, 4.69) is 0 Å². The highest BCUT2D eigenvalue weighted by atomic mass is 16.6. The quantitative estimate of drug-likeness (QED) is 0.446. The number of esters is 2. The zero-order chi connectivity index (χ0) is 16.9. The maximum absolute atomic E-state index is 12.3. The van der Waals surface area contributed by atoms with E-state index in [1.54, 1.807) is 34.6 Å². The Hall–Kier alpha value is -2.05. The van der Waals surface area contributed by atoms with Gasteiger partial charge in [0.2, 0.25) is 0 Å². The minimum atomic E-state index is -0.996. The molecule has 0 fully saturated rings. The molecule has 0 unspecified atom stereocenters. The van der Waals surface area contributed by atoms with Gasteiger partial charge in [-0.1, -0.05) is 12.2 Å². The molecule has 1 aliphatic heterocycles. The summed E-state index contributed by atoms with van der Waals surface area (Å²) in [5.41, 5.74) is -0.752. The van der Waals surface area contributed by atoms with Gasteiger partial charge in [0, 0.05) is 0 Å². The van der Waals surface area contributed by atoms with Crippen LogP contribution in [0.2, 0.25) is 0 Å². The fraction of sp³-hybridized carbons (Fsp3) is 0.667. The molecule has 1 amide bonds. The molecule has 0 aliphatic carbocycles. The average molecular weight is 313 g/mol. The zero-order valence-electron chi connectivity index (χ0n) is 13.6. The standard InChI is InChI=1S/C15H23NO6/c1-6-20-12(17)10-8-9-11(13(18)21-7-2)16(10)14(19)22-15(3,4)5/h8-11H,6-7H2,1-5H3/t10-,11+. The normalized spacial score (nSPS) is 20.7. The number of nitrogens with zero attached hydrogens (tertiary/aromatic N) is 1. The Bertz CT molecular complexity index is 437. The predicted molar refractivity (Wildman–Crippen MR) is 78.1 cm³/mol. The van der Waals surface area contributed by atoms with Crippen LogP contribution in [0.1, 0.15) is 34.6 Å². The van der Waals surface area contributed by atoms with E-state index in [0.29, 0.717) is 0 Å². The van der Waals surface area contributed by atoms with Gasteiger partial charge in [0.05, 0.1) is 13.2 Å². The second-order valence-electron chi connectivity index (χ2n) is 5.67. The third-order valence-electron chi connectivity index (χ3n) is 2.74. The molecule has 0 saturated heterocycles. The summed E-state index contributed by atoms with van der Waals surface area (Å²) in [5.74, 6) is -1.23. The Morgan fingerprint density at radius 2 is 1.36 bits per heavy atom. The maximum Gasteiger partial charge on any atom is 0.412 e. The molecule has 7 heteroatoms. The van der Waals surface area contributed by atoms with Crippen molar-refractivity contribution >= 4 is 18.0 Å². The average Bonchev–Trinajstić information content (AvgIpc) is 2.82. The van der Waals surface area contributed by atoms with E-state index in [9.17, 15) is 14.4 Å². The van der Waals surface area contributed by atoms with E-state index in [0.717, 1.165) is 4.90 Å². The highest BCUT2D eigenvalue weighted by molar-refractivity contribution is 5.91. The van der Waals surface area contributed by atoms with Crippen molar-refractivity contribution in [3.05, 3.63) is 12.2 Å². The highest BCUT2D eigenvalue weighted by Crippen LogP contribution is 2.23. The van der Waals surface area contributed by atoms with E-state index < -0.39 is 35.7 Å². The van der Waals surface area contributed by atoms with E-state index in [1.165, 1.54) is 12.2 Å². The van der Waals surface area contributed by atoms with Gasteiger partial charge in [-0.15, -0.1) is 0 Å². The van der Waals surface area contributed by atoms with Crippen LogP contribution >= 0.6 is 0 Å². The number of hydrogen-bond donors (Lipinski definition) is 0. The second kappa shape index (κ2) is 7.29. The summed E-state index contributed by atoms with van der Waals surface area (Å²) in [6.45, 7) is 8.78. The Morgan fingerprint density at radius 1 is 0.955 bits per heavy atom. The minimum Gasteiger partial charge on any atom is -0.464 e. The van der Waals surface area contributed by atoms with E-state index >= 15 is 0 Å². The predicted octanol–water partition coefficient (Wildman–Crippen LogP) is 1.66. The molecule has 0 radical (unpaired) electrons. The Balaban J connectivity index is 3.00. The molecule has 7 nitrogen and oxygen atoms in total. The van der Waals surface area contributed by atoms with Gasteiger partial charge in [-0.3, -0.25) is 4.90 Å². The van der Waals surface area contributed by atoms with Crippen LogP contribution in [-0.4, -0.2) is 53.8 Å². The molecule has 124 valence electrons. The van der Waals surface area contributed by atoms with Crippen LogP contribution in [0.5, 0.6) is 0 Å². The first-order chi connectivity index (χ1) is 10.2. The molecular formula is C15H23NO6. The van der Waals surface area contributed by atoms with E-state index in [-0.39, 0.29) is 13.2 Å². The van der Waals surface area contributed by atoms with Crippen molar-refractivity contribution in [1.29, 1.82) is 0 Å². The summed E-state index contributed by atoms with van der Waals surface area (Å²) in [6.07, 6.45) is 2.13. The van der Waals surface area contributed by atoms with E-state index in [4.69, 9.17) is 14.2 Å². The molecule has 0 aromatic heterocycles. The summed E-state index contributed by atoms with van der Waals surface area (Å²) in [4.78, 5) is 37.3. The SMILES string of the molecule is CCOC(=O)[C@H]1C=C[C@@H](C(=O)OCC)N1C(=O)OC(C)(C)C. The largest absolute Gasteiger partial charge is 0.464 e. The van der Waals surface area contributed by atoms with Gasteiger partial charge in [-0.25, -0.2) is 14.4 Å². The number of carbonyl (C=O) groups is 3. The summed E-state index contributed by atoms with van der Waals surface area (Å²) in [6, 6.07) is -1.99. The lowest BCUT2D eigenvalue weighted by molar-refractivity contribution is -0.152. The molecule has 22 heavy (non-hydrogen) atoms. The fourth-order valence-electron chi connectivity index (χ4n) is 1.95. The lowest BCUT2D eigenvalue weighted by Crippen LogP contribution is -2.51. The van der Waals surface area contributed by atoms with Gasteiger partial charge >= 0.3 is 18.0 Å². The van der Waals surface area contributed by atoms with Crippen LogP contribution in [0, 0.1) is 0 Å². The molecule has 0 aromatic carbocycles. The monoisotopic (exact) mass is 313 g/mol. The van der Waals surface area contributed by atoms with Crippen LogP contribution < -0.4 is 0 Å². The number of carbonyl (C=O) groups excluding carboxylic acids is 3. The highest BCUT2D eigenvalue weighted by Gasteiger charge is 2.44. The molecule has 2 atom stereocenters. The fourth-order valence-corrected chi connectivity index (χ4v) is 1.95. The van der Waals surface area contributed by atoms with Crippen LogP contribution in [0.15, 0.2) is 12.2 Å². The summed E-state index contributed by atoms with van der Waals surface area (Å²) in [7, 11) is 0. The Morgan fingerprint density at radius 3 is 1.68 bits per heavy atom. The van der Waals surface area contributed by atoms with Gasteiger partial charge in [-0.2, -0.15) is 0 Å². The van der Waals surface area contributed by atoms with Crippen LogP contribution in [0.4, 0.5) is 4.79 Å². The zero-order valence-corrected chi connectivity index (χ0v) is 13.6. The lowest BCUT2D eigenvalue weighted by Gasteiger charge is -2.30. The van der Waals surface area contributed by atoms with E-state index in [1.807, 2.05) is 0 Å². The van der Waals surface area contributed by atoms with Crippen LogP contribution in [-0.2, 0) is 23.8 Å². The first kappa shape index (κ1) is 18.0. The molecule has 1 heterocycles. The first-order valence-corrected chi connectivity index (χ1v) is 7.24. The van der Waals surface area contributed by atoms with Crippen LogP contribution in [0.25, 0.3) is 0 Å². The van der Waals surface area contributed by atoms with Crippen molar-refractivity contribution < 1.29 is 28.6 Å². The maximum atomic E-state index is 12.3. The van der Waals surface area contributed by atoms with Crippen molar-refractivity contribution in [3.8, 4) is 0 Å². The summed E-state index contributed by atoms with van der Waals surface area (Å²) in [5, 5.41) is 0. The van der Waals surface area contributed by atoms with Crippen LogP contribution in [0.3, 0.4) is 0 Å². The molecule has 1 rings (SSSR count). The van der Waals surface area contributed by atoms with Gasteiger partial charge < -0.3 is 14.2 Å². The number of ether oxygens (including phenoxy) is 3. The molecular weight excluding hydrogens is 290 g/mol. The molecule has 0 aromatic rings.